The van der Waals surface area contributed by atoms with E-state index in [4.69, 9.17) is 0 Å². The molecule has 1 N–H and O–H groups in total. The van der Waals surface area contributed by atoms with Gasteiger partial charge >= 0.3 is 0 Å². The van der Waals surface area contributed by atoms with Crippen molar-refractivity contribution in [2.45, 2.75) is 33.6 Å². The maximum absolute atomic E-state index is 12.6. The van der Waals surface area contributed by atoms with Crippen LogP contribution in [0.2, 0.25) is 0 Å². The van der Waals surface area contributed by atoms with Gasteiger partial charge in [0.15, 0.2) is 0 Å². The molecule has 140 valence electrons. The number of carbonyl (C=O) groups is 1. The van der Waals surface area contributed by atoms with Crippen LogP contribution in [-0.2, 0) is 4.79 Å². The van der Waals surface area contributed by atoms with Gasteiger partial charge in [0.1, 0.15) is 22.8 Å². The molecule has 3 aromatic rings. The van der Waals surface area contributed by atoms with Gasteiger partial charge in [-0.2, -0.15) is 0 Å². The minimum absolute atomic E-state index is 0.00490. The Morgan fingerprint density at radius 2 is 1.96 bits per heavy atom. The minimum Gasteiger partial charge on any atom is -0.356 e. The fourth-order valence-electron chi connectivity index (χ4n) is 3.59. The molecule has 1 aliphatic heterocycles. The van der Waals surface area contributed by atoms with Gasteiger partial charge in [-0.3, -0.25) is 4.79 Å². The highest BCUT2D eigenvalue weighted by Crippen LogP contribution is 2.35. The zero-order valence-corrected chi connectivity index (χ0v) is 16.6. The Labute approximate surface area is 162 Å². The topological polar surface area (TPSA) is 71.0 Å². The number of anilines is 2. The molecule has 7 heteroatoms. The van der Waals surface area contributed by atoms with Crippen LogP contribution in [0.15, 0.2) is 24.7 Å². The van der Waals surface area contributed by atoms with Crippen LogP contribution in [0.3, 0.4) is 0 Å². The molecule has 0 atom stereocenters. The predicted molar refractivity (Wildman–Crippen MR) is 109 cm³/mol. The summed E-state index contributed by atoms with van der Waals surface area (Å²) in [7, 11) is 0. The second-order valence-electron chi connectivity index (χ2n) is 7.08. The average molecular weight is 382 g/mol. The van der Waals surface area contributed by atoms with Crippen LogP contribution < -0.4 is 10.2 Å². The average Bonchev–Trinajstić information content (AvgIpc) is 2.98. The molecule has 3 aromatic heterocycles. The molecule has 1 amide bonds. The van der Waals surface area contributed by atoms with E-state index < -0.39 is 0 Å². The van der Waals surface area contributed by atoms with Crippen molar-refractivity contribution in [2.24, 2.45) is 5.92 Å². The molecular formula is C20H23N5OS. The molecule has 0 bridgehead atoms. The van der Waals surface area contributed by atoms with Gasteiger partial charge in [0.05, 0.1) is 5.39 Å². The number of piperidine rings is 1. The number of nitrogens with zero attached hydrogens (tertiary/aromatic N) is 4. The van der Waals surface area contributed by atoms with E-state index in [1.807, 2.05) is 19.1 Å². The van der Waals surface area contributed by atoms with Gasteiger partial charge in [-0.15, -0.1) is 11.3 Å². The summed E-state index contributed by atoms with van der Waals surface area (Å²) in [4.78, 5) is 30.5. The summed E-state index contributed by atoms with van der Waals surface area (Å²) in [6.45, 7) is 7.86. The first-order chi connectivity index (χ1) is 13.0. The summed E-state index contributed by atoms with van der Waals surface area (Å²) in [6.07, 6.45) is 4.98. The Bertz CT molecular complexity index is 991. The van der Waals surface area contributed by atoms with Gasteiger partial charge in [-0.1, -0.05) is 6.07 Å². The molecule has 6 nitrogen and oxygen atoms in total. The van der Waals surface area contributed by atoms with E-state index >= 15 is 0 Å². The van der Waals surface area contributed by atoms with Crippen molar-refractivity contribution in [1.29, 1.82) is 0 Å². The van der Waals surface area contributed by atoms with Crippen molar-refractivity contribution in [1.82, 2.24) is 15.0 Å². The van der Waals surface area contributed by atoms with E-state index in [2.05, 4.69) is 39.0 Å². The summed E-state index contributed by atoms with van der Waals surface area (Å²) >= 11 is 1.72. The largest absolute Gasteiger partial charge is 0.356 e. The first-order valence-electron chi connectivity index (χ1n) is 9.22. The lowest BCUT2D eigenvalue weighted by atomic mass is 9.95. The molecule has 0 radical (unpaired) electrons. The fraction of sp³-hybridized carbons (Fsp3) is 0.400. The van der Waals surface area contributed by atoms with Crippen LogP contribution in [0.25, 0.3) is 10.2 Å². The summed E-state index contributed by atoms with van der Waals surface area (Å²) in [6, 6.07) is 3.83. The predicted octanol–water partition coefficient (Wildman–Crippen LogP) is 3.87. The molecule has 0 unspecified atom stereocenters. The highest BCUT2D eigenvalue weighted by Gasteiger charge is 2.27. The molecule has 0 aliphatic carbocycles. The van der Waals surface area contributed by atoms with Crippen molar-refractivity contribution in [3.63, 3.8) is 0 Å². The summed E-state index contributed by atoms with van der Waals surface area (Å²) < 4.78 is 0. The number of pyridine rings is 1. The molecule has 0 aromatic carbocycles. The lowest BCUT2D eigenvalue weighted by Gasteiger charge is -2.32. The third-order valence-electron chi connectivity index (χ3n) is 5.36. The zero-order valence-electron chi connectivity index (χ0n) is 15.8. The van der Waals surface area contributed by atoms with Crippen molar-refractivity contribution in [3.05, 3.63) is 40.7 Å². The molecule has 4 rings (SSSR count). The van der Waals surface area contributed by atoms with E-state index in [-0.39, 0.29) is 11.8 Å². The Kier molecular flexibility index (Phi) is 4.78. The number of aromatic nitrogens is 3. The molecular weight excluding hydrogens is 358 g/mol. The highest BCUT2D eigenvalue weighted by atomic mass is 32.1. The summed E-state index contributed by atoms with van der Waals surface area (Å²) in [5, 5.41) is 4.14. The van der Waals surface area contributed by atoms with Gasteiger partial charge in [0.2, 0.25) is 5.91 Å². The van der Waals surface area contributed by atoms with Gasteiger partial charge in [0.25, 0.3) is 0 Å². The van der Waals surface area contributed by atoms with E-state index in [1.54, 1.807) is 23.9 Å². The standard InChI is InChI=1S/C20H23N5OS/c1-12-5-4-8-21-17(12)24-19(26)15-6-9-25(10-7-15)18-16-13(2)14(3)27-20(16)23-11-22-18/h4-5,8,11,15H,6-7,9-10H2,1-3H3,(H,21,24,26). The number of thiophene rings is 1. The highest BCUT2D eigenvalue weighted by molar-refractivity contribution is 7.18. The number of nitrogens with one attached hydrogen (secondary N) is 1. The molecule has 27 heavy (non-hydrogen) atoms. The Balaban J connectivity index is 1.47. The summed E-state index contributed by atoms with van der Waals surface area (Å²) in [5.74, 6) is 1.73. The number of carbonyl (C=O) groups excluding carboxylic acids is 1. The van der Waals surface area contributed by atoms with Crippen LogP contribution >= 0.6 is 11.3 Å². The van der Waals surface area contributed by atoms with Crippen molar-refractivity contribution >= 4 is 39.1 Å². The van der Waals surface area contributed by atoms with E-state index in [9.17, 15) is 4.79 Å². The Morgan fingerprint density at radius 1 is 1.19 bits per heavy atom. The van der Waals surface area contributed by atoms with Crippen LogP contribution in [0.4, 0.5) is 11.6 Å². The summed E-state index contributed by atoms with van der Waals surface area (Å²) in [5.41, 5.74) is 2.24. The first kappa shape index (κ1) is 17.9. The lowest BCUT2D eigenvalue weighted by Crippen LogP contribution is -2.38. The molecule has 1 saturated heterocycles. The molecule has 4 heterocycles. The number of rotatable bonds is 3. The smallest absolute Gasteiger partial charge is 0.228 e. The van der Waals surface area contributed by atoms with Gasteiger partial charge in [0, 0.05) is 30.1 Å². The number of hydrogen-bond acceptors (Lipinski definition) is 6. The van der Waals surface area contributed by atoms with E-state index in [0.29, 0.717) is 5.82 Å². The number of aryl methyl sites for hydroxylation is 3. The van der Waals surface area contributed by atoms with Crippen LogP contribution in [-0.4, -0.2) is 33.9 Å². The van der Waals surface area contributed by atoms with Crippen LogP contribution in [0.1, 0.15) is 28.8 Å². The Hall–Kier alpha value is -2.54. The lowest BCUT2D eigenvalue weighted by molar-refractivity contribution is -0.120. The van der Waals surface area contributed by atoms with Crippen molar-refractivity contribution in [3.8, 4) is 0 Å². The minimum atomic E-state index is 0.00490. The third kappa shape index (κ3) is 3.39. The van der Waals surface area contributed by atoms with Gasteiger partial charge in [-0.05, 0) is 50.8 Å². The Morgan fingerprint density at radius 3 is 2.70 bits per heavy atom. The number of amides is 1. The fourth-order valence-corrected chi connectivity index (χ4v) is 4.58. The van der Waals surface area contributed by atoms with Gasteiger partial charge in [-0.25, -0.2) is 15.0 Å². The molecule has 1 fully saturated rings. The quantitative estimate of drug-likeness (QED) is 0.746. The number of hydrogen-bond donors (Lipinski definition) is 1. The monoisotopic (exact) mass is 381 g/mol. The molecule has 0 spiro atoms. The third-order valence-corrected chi connectivity index (χ3v) is 6.48. The van der Waals surface area contributed by atoms with E-state index in [0.717, 1.165) is 47.5 Å². The van der Waals surface area contributed by atoms with Gasteiger partial charge < -0.3 is 10.2 Å². The van der Waals surface area contributed by atoms with Crippen LogP contribution in [0.5, 0.6) is 0 Å². The first-order valence-corrected chi connectivity index (χ1v) is 10.0. The number of fused-ring (bicyclic) bond motifs is 1. The SMILES string of the molecule is Cc1cccnc1NC(=O)C1CCN(c2ncnc3sc(C)c(C)c23)CC1. The molecule has 0 saturated carbocycles. The van der Waals surface area contributed by atoms with Crippen molar-refractivity contribution in [2.75, 3.05) is 23.3 Å². The molecule has 1 aliphatic rings. The van der Waals surface area contributed by atoms with Crippen molar-refractivity contribution < 1.29 is 4.79 Å². The zero-order chi connectivity index (χ0) is 19.0. The van der Waals surface area contributed by atoms with Crippen LogP contribution in [0, 0.1) is 26.7 Å². The second-order valence-corrected chi connectivity index (χ2v) is 8.28. The van der Waals surface area contributed by atoms with E-state index in [1.165, 1.54) is 10.4 Å². The maximum atomic E-state index is 12.6. The maximum Gasteiger partial charge on any atom is 0.228 e. The normalized spacial score (nSPS) is 15.3. The second kappa shape index (κ2) is 7.23.